The summed E-state index contributed by atoms with van der Waals surface area (Å²) in [6, 6.07) is 18.3. The van der Waals surface area contributed by atoms with Crippen LogP contribution in [0, 0.1) is 12.7 Å². The summed E-state index contributed by atoms with van der Waals surface area (Å²) in [5.41, 5.74) is 1.14. The first-order chi connectivity index (χ1) is 16.3. The van der Waals surface area contributed by atoms with Crippen molar-refractivity contribution < 1.29 is 27.1 Å². The number of amides is 1. The zero-order valence-corrected chi connectivity index (χ0v) is 19.8. The smallest absolute Gasteiger partial charge is 0.264 e. The number of carbonyl (C=O) groups is 1. The molecule has 0 aliphatic rings. The number of nitrogens with one attached hydrogen (secondary N) is 1. The minimum absolute atomic E-state index is 0.0176. The molecular weight excluding hydrogens is 459 g/mol. The van der Waals surface area contributed by atoms with Crippen LogP contribution in [0.15, 0.2) is 77.7 Å². The maximum Gasteiger partial charge on any atom is 0.264 e. The Labute approximate surface area is 199 Å². The molecule has 0 atom stereocenters. The van der Waals surface area contributed by atoms with Crippen molar-refractivity contribution in [2.45, 2.75) is 18.7 Å². The van der Waals surface area contributed by atoms with Crippen LogP contribution in [0.25, 0.3) is 0 Å². The van der Waals surface area contributed by atoms with E-state index in [-0.39, 0.29) is 23.7 Å². The van der Waals surface area contributed by atoms with E-state index in [2.05, 4.69) is 5.32 Å². The highest BCUT2D eigenvalue weighted by molar-refractivity contribution is 7.92. The first-order valence-electron chi connectivity index (χ1n) is 10.8. The predicted molar refractivity (Wildman–Crippen MR) is 128 cm³/mol. The molecule has 34 heavy (non-hydrogen) atoms. The van der Waals surface area contributed by atoms with Gasteiger partial charge in [0.15, 0.2) is 0 Å². The number of rotatable bonds is 11. The number of aryl methyl sites for hydroxylation is 1. The number of nitrogens with zero attached hydrogens (tertiary/aromatic N) is 1. The number of hydrogen-bond acceptors (Lipinski definition) is 5. The molecule has 0 saturated heterocycles. The molecule has 0 fully saturated rings. The van der Waals surface area contributed by atoms with Gasteiger partial charge >= 0.3 is 0 Å². The maximum atomic E-state index is 13.4. The molecule has 3 aromatic carbocycles. The molecule has 3 aromatic rings. The lowest BCUT2D eigenvalue weighted by atomic mass is 10.2. The minimum Gasteiger partial charge on any atom is -0.494 e. The van der Waals surface area contributed by atoms with Crippen molar-refractivity contribution in [3.05, 3.63) is 84.2 Å². The van der Waals surface area contributed by atoms with Gasteiger partial charge in [0, 0.05) is 0 Å². The minimum atomic E-state index is -4.11. The quantitative estimate of drug-likeness (QED) is 0.415. The van der Waals surface area contributed by atoms with Crippen LogP contribution in [0.3, 0.4) is 0 Å². The van der Waals surface area contributed by atoms with Gasteiger partial charge in [-0.1, -0.05) is 18.2 Å². The first kappa shape index (κ1) is 25.0. The Hall–Kier alpha value is -3.59. The second kappa shape index (κ2) is 11.5. The van der Waals surface area contributed by atoms with E-state index in [4.69, 9.17) is 9.47 Å². The van der Waals surface area contributed by atoms with Gasteiger partial charge in [0.1, 0.15) is 30.5 Å². The fourth-order valence-corrected chi connectivity index (χ4v) is 4.60. The van der Waals surface area contributed by atoms with Crippen LogP contribution in [-0.2, 0) is 14.8 Å². The Kier molecular flexibility index (Phi) is 8.48. The molecule has 1 amide bonds. The van der Waals surface area contributed by atoms with E-state index >= 15 is 0 Å². The van der Waals surface area contributed by atoms with Gasteiger partial charge in [0.2, 0.25) is 5.91 Å². The molecule has 1 N–H and O–H groups in total. The lowest BCUT2D eigenvalue weighted by Gasteiger charge is -2.24. The average Bonchev–Trinajstić information content (AvgIpc) is 2.82. The molecule has 0 unspecified atom stereocenters. The maximum absolute atomic E-state index is 13.4. The van der Waals surface area contributed by atoms with Gasteiger partial charge in [-0.05, 0) is 74.0 Å². The number of halogens is 1. The van der Waals surface area contributed by atoms with Gasteiger partial charge in [0.05, 0.1) is 23.7 Å². The number of ether oxygens (including phenoxy) is 2. The molecule has 9 heteroatoms. The molecule has 0 aliphatic heterocycles. The van der Waals surface area contributed by atoms with E-state index in [1.54, 1.807) is 12.1 Å². The van der Waals surface area contributed by atoms with Crippen molar-refractivity contribution in [2.24, 2.45) is 0 Å². The van der Waals surface area contributed by atoms with Gasteiger partial charge < -0.3 is 14.8 Å². The summed E-state index contributed by atoms with van der Waals surface area (Å²) in [5, 5.41) is 2.67. The second-order valence-corrected chi connectivity index (χ2v) is 9.22. The standard InChI is InChI=1S/C25H27FN2O5S/c1-3-32-22-12-14-23(15-13-22)34(30,31)28(21-10-8-20(26)9-11-21)18-25(29)27-16-17-33-24-7-5-4-6-19(24)2/h4-15H,3,16-18H2,1-2H3,(H,27,29). The summed E-state index contributed by atoms with van der Waals surface area (Å²) < 4.78 is 52.1. The summed E-state index contributed by atoms with van der Waals surface area (Å²) in [6.07, 6.45) is 0. The molecule has 0 spiro atoms. The molecule has 0 aromatic heterocycles. The van der Waals surface area contributed by atoms with Crippen LogP contribution in [-0.4, -0.2) is 40.6 Å². The van der Waals surface area contributed by atoms with Crippen molar-refractivity contribution >= 4 is 21.6 Å². The molecule has 0 aliphatic carbocycles. The van der Waals surface area contributed by atoms with E-state index in [1.807, 2.05) is 38.1 Å². The monoisotopic (exact) mass is 486 g/mol. The third kappa shape index (κ3) is 6.48. The number of anilines is 1. The predicted octanol–water partition coefficient (Wildman–Crippen LogP) is 3.92. The van der Waals surface area contributed by atoms with Gasteiger partial charge in [-0.3, -0.25) is 9.10 Å². The van der Waals surface area contributed by atoms with Crippen molar-refractivity contribution in [3.8, 4) is 11.5 Å². The van der Waals surface area contributed by atoms with Gasteiger partial charge in [0.25, 0.3) is 10.0 Å². The van der Waals surface area contributed by atoms with Crippen molar-refractivity contribution in [1.82, 2.24) is 5.32 Å². The largest absolute Gasteiger partial charge is 0.494 e. The van der Waals surface area contributed by atoms with Crippen LogP contribution >= 0.6 is 0 Å². The number of benzene rings is 3. The molecule has 180 valence electrons. The molecule has 7 nitrogen and oxygen atoms in total. The summed E-state index contributed by atoms with van der Waals surface area (Å²) in [6.45, 7) is 4.12. The van der Waals surface area contributed by atoms with E-state index in [0.717, 1.165) is 22.0 Å². The van der Waals surface area contributed by atoms with Gasteiger partial charge in [-0.2, -0.15) is 0 Å². The van der Waals surface area contributed by atoms with Crippen LogP contribution in [0.1, 0.15) is 12.5 Å². The lowest BCUT2D eigenvalue weighted by molar-refractivity contribution is -0.119. The third-order valence-corrected chi connectivity index (χ3v) is 6.69. The SMILES string of the molecule is CCOc1ccc(S(=O)(=O)N(CC(=O)NCCOc2ccccc2C)c2ccc(F)cc2)cc1. The fraction of sp³-hybridized carbons (Fsp3) is 0.240. The zero-order valence-electron chi connectivity index (χ0n) is 19.0. The van der Waals surface area contributed by atoms with Crippen molar-refractivity contribution in [2.75, 3.05) is 30.6 Å². The molecular formula is C25H27FN2O5S. The summed E-state index contributed by atoms with van der Waals surface area (Å²) in [7, 11) is -4.11. The number of para-hydroxylation sites is 1. The Morgan fingerprint density at radius 3 is 2.29 bits per heavy atom. The van der Waals surface area contributed by atoms with Crippen LogP contribution in [0.5, 0.6) is 11.5 Å². The highest BCUT2D eigenvalue weighted by Crippen LogP contribution is 2.25. The number of sulfonamides is 1. The Balaban J connectivity index is 1.72. The zero-order chi connectivity index (χ0) is 24.6. The van der Waals surface area contributed by atoms with Gasteiger partial charge in [-0.15, -0.1) is 0 Å². The highest BCUT2D eigenvalue weighted by atomic mass is 32.2. The van der Waals surface area contributed by atoms with E-state index < -0.39 is 28.3 Å². The summed E-state index contributed by atoms with van der Waals surface area (Å²) in [4.78, 5) is 12.6. The van der Waals surface area contributed by atoms with Gasteiger partial charge in [-0.25, -0.2) is 12.8 Å². The molecule has 0 saturated carbocycles. The summed E-state index contributed by atoms with van der Waals surface area (Å²) >= 11 is 0. The molecule has 3 rings (SSSR count). The topological polar surface area (TPSA) is 84.9 Å². The summed E-state index contributed by atoms with van der Waals surface area (Å²) in [5.74, 6) is 0.205. The van der Waals surface area contributed by atoms with Crippen molar-refractivity contribution in [3.63, 3.8) is 0 Å². The molecule has 0 bridgehead atoms. The second-order valence-electron chi connectivity index (χ2n) is 7.36. The van der Waals surface area contributed by atoms with E-state index in [1.165, 1.54) is 24.3 Å². The Morgan fingerprint density at radius 2 is 1.65 bits per heavy atom. The van der Waals surface area contributed by atoms with Crippen molar-refractivity contribution in [1.29, 1.82) is 0 Å². The third-order valence-electron chi connectivity index (χ3n) is 4.90. The van der Waals surface area contributed by atoms with E-state index in [9.17, 15) is 17.6 Å². The molecule has 0 heterocycles. The Morgan fingerprint density at radius 1 is 0.971 bits per heavy atom. The number of carbonyl (C=O) groups excluding carboxylic acids is 1. The highest BCUT2D eigenvalue weighted by Gasteiger charge is 2.27. The van der Waals surface area contributed by atoms with E-state index in [0.29, 0.717) is 18.1 Å². The Bertz CT molecular complexity index is 1200. The first-order valence-corrected chi connectivity index (χ1v) is 12.2. The molecule has 0 radical (unpaired) electrons. The van der Waals surface area contributed by atoms with Crippen LogP contribution in [0.2, 0.25) is 0 Å². The lowest BCUT2D eigenvalue weighted by Crippen LogP contribution is -2.41. The van der Waals surface area contributed by atoms with Crippen LogP contribution in [0.4, 0.5) is 10.1 Å². The average molecular weight is 487 g/mol. The fourth-order valence-electron chi connectivity index (χ4n) is 3.18. The van der Waals surface area contributed by atoms with Crippen LogP contribution < -0.4 is 19.1 Å². The number of hydrogen-bond donors (Lipinski definition) is 1. The normalized spacial score (nSPS) is 11.0.